The molecule has 2 aliphatic heterocycles. The molecular formula is C36H58N4O9P2+2. The molecule has 2 amide bonds. The van der Waals surface area contributed by atoms with E-state index in [1.807, 2.05) is 76.9 Å². The van der Waals surface area contributed by atoms with Crippen LogP contribution in [0.3, 0.4) is 0 Å². The second kappa shape index (κ2) is 12.5. The first-order valence-electron chi connectivity index (χ1n) is 17.0. The summed E-state index contributed by atoms with van der Waals surface area (Å²) in [6, 6.07) is 6.74. The van der Waals surface area contributed by atoms with E-state index in [1.165, 1.54) is 13.3 Å². The lowest BCUT2D eigenvalue weighted by atomic mass is 9.58. The first-order chi connectivity index (χ1) is 22.9. The Balaban J connectivity index is 1.52. The number of carbonyl (C=O) groups excluding carboxylic acids is 2. The SMILES string of the molecule is CC1([n+]2cccc(C(N)=O)c2)O[C@](C)(COP(C)(=O)OP(C)(=O)OC[C@@]2(C)OC(C)([n+]3cccc(C(N)=O)c3)C(C)(C)C2(C)C)C(C)(C)C1(C)C. The predicted molar refractivity (Wildman–Crippen MR) is 192 cm³/mol. The molecule has 0 bridgehead atoms. The molecule has 2 aromatic heterocycles. The van der Waals surface area contributed by atoms with Crippen LogP contribution in [-0.2, 0) is 43.4 Å². The van der Waals surface area contributed by atoms with Gasteiger partial charge in [-0.25, -0.2) is 4.31 Å². The Bertz CT molecular complexity index is 1700. The van der Waals surface area contributed by atoms with E-state index in [1.54, 1.807) is 36.7 Å². The van der Waals surface area contributed by atoms with Gasteiger partial charge in [-0.2, -0.15) is 9.13 Å². The van der Waals surface area contributed by atoms with Crippen molar-refractivity contribution in [1.82, 2.24) is 0 Å². The van der Waals surface area contributed by atoms with Gasteiger partial charge in [0.25, 0.3) is 23.3 Å². The van der Waals surface area contributed by atoms with E-state index in [9.17, 15) is 18.7 Å². The number of rotatable bonds is 12. The standard InChI is InChI=1S/C36H56N4O9P2/c1-29(2)31(5,6)35(11,39-19-15-17-25(21-39)27(37)41)47-33(29,9)23-45-50(13,43)49-51(14,44)46-24-34(10)30(3,4)32(7,8)36(12,48-34)40-20-16-18-26(22-40)28(38)42/h15-22H,23-24H2,1-14H3,(H2-2,37,38,41,42)/p+2/t33-,34-,35?,36?,50?,51?/m1/s1. The molecule has 0 spiro atoms. The molecule has 4 unspecified atom stereocenters. The maximum Gasteiger partial charge on any atom is 0.334 e. The van der Waals surface area contributed by atoms with E-state index in [0.717, 1.165) is 0 Å². The molecule has 51 heavy (non-hydrogen) atoms. The van der Waals surface area contributed by atoms with Crippen LogP contribution in [0.4, 0.5) is 0 Å². The molecule has 4 heterocycles. The highest BCUT2D eigenvalue weighted by atomic mass is 31.3. The topological polar surface area (TPSA) is 174 Å². The van der Waals surface area contributed by atoms with Crippen LogP contribution in [0.15, 0.2) is 49.1 Å². The lowest BCUT2D eigenvalue weighted by molar-refractivity contribution is -0.818. The van der Waals surface area contributed by atoms with Crippen molar-refractivity contribution >= 4 is 27.0 Å². The summed E-state index contributed by atoms with van der Waals surface area (Å²) in [5.41, 5.74) is 5.48. The molecular weight excluding hydrogens is 694 g/mol. The fourth-order valence-electron chi connectivity index (χ4n) is 7.61. The third-order valence-corrected chi connectivity index (χ3v) is 17.1. The molecule has 4 rings (SSSR count). The van der Waals surface area contributed by atoms with Crippen molar-refractivity contribution < 1.29 is 50.7 Å². The number of amides is 2. The summed E-state index contributed by atoms with van der Waals surface area (Å²) in [6.45, 7) is 26.2. The molecule has 6 atom stereocenters. The highest BCUT2D eigenvalue weighted by Gasteiger charge is 2.74. The van der Waals surface area contributed by atoms with Gasteiger partial charge in [0.2, 0.25) is 0 Å². The van der Waals surface area contributed by atoms with Gasteiger partial charge in [-0.1, -0.05) is 27.7 Å². The van der Waals surface area contributed by atoms with Gasteiger partial charge in [0, 0.05) is 50.1 Å². The molecule has 2 fully saturated rings. The minimum atomic E-state index is -4.00. The van der Waals surface area contributed by atoms with Crippen LogP contribution in [0, 0.1) is 21.7 Å². The minimum absolute atomic E-state index is 0.162. The molecule has 0 saturated carbocycles. The molecule has 2 saturated heterocycles. The second-order valence-electron chi connectivity index (χ2n) is 17.0. The van der Waals surface area contributed by atoms with E-state index < -0.39 is 71.3 Å². The van der Waals surface area contributed by atoms with E-state index >= 15 is 0 Å². The van der Waals surface area contributed by atoms with Crippen LogP contribution >= 0.6 is 15.2 Å². The number of ether oxygens (including phenoxy) is 2. The van der Waals surface area contributed by atoms with Crippen molar-refractivity contribution in [1.29, 1.82) is 0 Å². The number of pyridine rings is 2. The third-order valence-electron chi connectivity index (χ3n) is 13.5. The Labute approximate surface area is 302 Å². The lowest BCUT2D eigenvalue weighted by Crippen LogP contribution is -2.62. The number of aromatic nitrogens is 2. The fourth-order valence-corrected chi connectivity index (χ4v) is 11.1. The van der Waals surface area contributed by atoms with Crippen molar-refractivity contribution in [2.75, 3.05) is 26.5 Å². The summed E-state index contributed by atoms with van der Waals surface area (Å²) in [6.07, 6.45) is 6.93. The van der Waals surface area contributed by atoms with Crippen LogP contribution in [0.1, 0.15) is 104 Å². The van der Waals surface area contributed by atoms with Gasteiger partial charge >= 0.3 is 15.2 Å². The molecule has 0 aliphatic carbocycles. The first kappa shape index (κ1) is 41.3. The molecule has 0 aromatic carbocycles. The number of hydrogen-bond donors (Lipinski definition) is 2. The largest absolute Gasteiger partial charge is 0.365 e. The summed E-state index contributed by atoms with van der Waals surface area (Å²) < 4.78 is 62.6. The maximum atomic E-state index is 13.9. The van der Waals surface area contributed by atoms with Gasteiger partial charge in [0.15, 0.2) is 24.8 Å². The number of nitrogens with two attached hydrogens (primary N) is 2. The zero-order chi connectivity index (χ0) is 39.1. The molecule has 15 heteroatoms. The van der Waals surface area contributed by atoms with Gasteiger partial charge in [-0.05, 0) is 53.7 Å². The van der Waals surface area contributed by atoms with Crippen molar-refractivity contribution in [2.45, 2.75) is 106 Å². The Morgan fingerprint density at radius 1 is 0.627 bits per heavy atom. The molecule has 4 N–H and O–H groups in total. The fraction of sp³-hybridized carbons (Fsp3) is 0.667. The van der Waals surface area contributed by atoms with Crippen LogP contribution in [0.25, 0.3) is 0 Å². The molecule has 2 aliphatic rings. The van der Waals surface area contributed by atoms with E-state index in [2.05, 4.69) is 27.7 Å². The van der Waals surface area contributed by atoms with Gasteiger partial charge in [-0.3, -0.25) is 18.7 Å². The van der Waals surface area contributed by atoms with Crippen LogP contribution in [-0.4, -0.2) is 49.6 Å². The van der Waals surface area contributed by atoms with Crippen LogP contribution in [0.5, 0.6) is 0 Å². The number of primary amides is 2. The quantitative estimate of drug-likeness (QED) is 0.198. The van der Waals surface area contributed by atoms with Gasteiger partial charge in [0.05, 0.1) is 24.0 Å². The summed E-state index contributed by atoms with van der Waals surface area (Å²) in [4.78, 5) is 24.0. The highest BCUT2D eigenvalue weighted by Crippen LogP contribution is 2.67. The van der Waals surface area contributed by atoms with Gasteiger partial charge < -0.3 is 30.0 Å². The van der Waals surface area contributed by atoms with E-state index in [0.29, 0.717) is 11.1 Å². The van der Waals surface area contributed by atoms with Crippen molar-refractivity contribution in [3.8, 4) is 0 Å². The lowest BCUT2D eigenvalue weighted by Gasteiger charge is -2.43. The Morgan fingerprint density at radius 3 is 1.24 bits per heavy atom. The number of hydrogen-bond acceptors (Lipinski definition) is 9. The Morgan fingerprint density at radius 2 is 0.941 bits per heavy atom. The van der Waals surface area contributed by atoms with Crippen LogP contribution < -0.4 is 20.6 Å². The van der Waals surface area contributed by atoms with Gasteiger partial charge in [-0.15, -0.1) is 0 Å². The summed E-state index contributed by atoms with van der Waals surface area (Å²) in [5, 5.41) is 0. The minimum Gasteiger partial charge on any atom is -0.365 e. The zero-order valence-electron chi connectivity index (χ0n) is 32.7. The van der Waals surface area contributed by atoms with Crippen molar-refractivity contribution in [2.24, 2.45) is 33.1 Å². The molecule has 284 valence electrons. The summed E-state index contributed by atoms with van der Waals surface area (Å²) in [7, 11) is -7.99. The maximum absolute atomic E-state index is 13.9. The van der Waals surface area contributed by atoms with Crippen LogP contribution in [0.2, 0.25) is 0 Å². The van der Waals surface area contributed by atoms with Crippen molar-refractivity contribution in [3.63, 3.8) is 0 Å². The Kier molecular flexibility index (Phi) is 10.1. The molecule has 2 aromatic rings. The predicted octanol–water partition coefficient (Wildman–Crippen LogP) is 5.88. The summed E-state index contributed by atoms with van der Waals surface area (Å²) in [5.74, 6) is -1.12. The normalized spacial score (nSPS) is 32.9. The molecule has 0 radical (unpaired) electrons. The Hall–Kier alpha value is -2.50. The highest BCUT2D eigenvalue weighted by molar-refractivity contribution is 7.66. The van der Waals surface area contributed by atoms with Gasteiger partial charge in [0.1, 0.15) is 22.3 Å². The second-order valence-corrected chi connectivity index (χ2v) is 21.3. The number of carbonyl (C=O) groups is 2. The summed E-state index contributed by atoms with van der Waals surface area (Å²) >= 11 is 0. The van der Waals surface area contributed by atoms with E-state index in [-0.39, 0.29) is 13.2 Å². The van der Waals surface area contributed by atoms with E-state index in [4.69, 9.17) is 34.3 Å². The monoisotopic (exact) mass is 752 g/mol. The average Bonchev–Trinajstić information content (AvgIpc) is 3.19. The van der Waals surface area contributed by atoms with Crippen molar-refractivity contribution in [3.05, 3.63) is 60.2 Å². The smallest absolute Gasteiger partial charge is 0.334 e. The zero-order valence-corrected chi connectivity index (χ0v) is 34.4. The third kappa shape index (κ3) is 6.45. The number of nitrogens with zero attached hydrogens (tertiary/aromatic N) is 2. The first-order valence-corrected chi connectivity index (χ1v) is 21.0. The average molecular weight is 753 g/mol. The molecule has 13 nitrogen and oxygen atoms in total.